The van der Waals surface area contributed by atoms with Crippen molar-refractivity contribution in [1.29, 1.82) is 0 Å². The standard InChI is InChI=1S/C17H22F3NO4/c1-4-25-8-7-12-10-21(14(16(23)24)6-5-11(2)3)15(22)9-13(12)17(18,19)20/h7-11,14H,4-6H2,1-3H3,(H,23,24). The summed E-state index contributed by atoms with van der Waals surface area (Å²) in [5, 5.41) is 9.37. The van der Waals surface area contributed by atoms with Gasteiger partial charge in [-0.05, 0) is 31.8 Å². The second-order valence-electron chi connectivity index (χ2n) is 5.97. The molecular formula is C17H22F3NO4. The van der Waals surface area contributed by atoms with Gasteiger partial charge in [-0.3, -0.25) is 4.79 Å². The number of carboxylic acid groups (broad SMARTS) is 1. The Labute approximate surface area is 143 Å². The summed E-state index contributed by atoms with van der Waals surface area (Å²) in [6, 6.07) is -0.798. The number of aliphatic carboxylic acids is 1. The topological polar surface area (TPSA) is 68.5 Å². The molecule has 0 saturated heterocycles. The minimum atomic E-state index is -4.74. The number of rotatable bonds is 8. The summed E-state index contributed by atoms with van der Waals surface area (Å²) < 4.78 is 45.2. The zero-order chi connectivity index (χ0) is 19.2. The van der Waals surface area contributed by atoms with Gasteiger partial charge in [0.2, 0.25) is 0 Å². The molecule has 1 aromatic heterocycles. The average Bonchev–Trinajstić information content (AvgIpc) is 2.48. The number of alkyl halides is 3. The van der Waals surface area contributed by atoms with Crippen molar-refractivity contribution in [3.63, 3.8) is 0 Å². The predicted molar refractivity (Wildman–Crippen MR) is 87.1 cm³/mol. The smallest absolute Gasteiger partial charge is 0.417 e. The zero-order valence-corrected chi connectivity index (χ0v) is 14.3. The summed E-state index contributed by atoms with van der Waals surface area (Å²) in [6.45, 7) is 5.72. The Bertz CT molecular complexity index is 677. The molecule has 1 rings (SSSR count). The summed E-state index contributed by atoms with van der Waals surface area (Å²) in [6.07, 6.45) is -0.977. The van der Waals surface area contributed by atoms with Crippen LogP contribution >= 0.6 is 0 Å². The fourth-order valence-electron chi connectivity index (χ4n) is 2.28. The number of carbonyl (C=O) groups is 1. The summed E-state index contributed by atoms with van der Waals surface area (Å²) >= 11 is 0. The molecule has 140 valence electrons. The first kappa shape index (κ1) is 20.8. The van der Waals surface area contributed by atoms with Crippen LogP contribution in [0.1, 0.15) is 50.8 Å². The lowest BCUT2D eigenvalue weighted by Gasteiger charge is -2.19. The number of halogens is 3. The van der Waals surface area contributed by atoms with E-state index >= 15 is 0 Å². The maximum Gasteiger partial charge on any atom is 0.417 e. The Kier molecular flexibility index (Phi) is 7.26. The van der Waals surface area contributed by atoms with Crippen molar-refractivity contribution in [3.05, 3.63) is 40.0 Å². The monoisotopic (exact) mass is 361 g/mol. The molecule has 0 radical (unpaired) electrons. The van der Waals surface area contributed by atoms with Crippen LogP contribution in [-0.2, 0) is 15.7 Å². The summed E-state index contributed by atoms with van der Waals surface area (Å²) in [5.41, 5.74) is -2.45. The highest BCUT2D eigenvalue weighted by Crippen LogP contribution is 2.32. The van der Waals surface area contributed by atoms with E-state index in [1.54, 1.807) is 6.92 Å². The number of hydrogen-bond donors (Lipinski definition) is 1. The van der Waals surface area contributed by atoms with E-state index in [0.717, 1.165) is 23.1 Å². The van der Waals surface area contributed by atoms with Gasteiger partial charge in [0.15, 0.2) is 0 Å². The number of hydrogen-bond acceptors (Lipinski definition) is 3. The number of ether oxygens (including phenoxy) is 1. The van der Waals surface area contributed by atoms with Crippen LogP contribution in [-0.4, -0.2) is 22.2 Å². The second-order valence-corrected chi connectivity index (χ2v) is 5.97. The van der Waals surface area contributed by atoms with Gasteiger partial charge in [0.05, 0.1) is 18.4 Å². The van der Waals surface area contributed by atoms with Gasteiger partial charge in [0.25, 0.3) is 5.56 Å². The Morgan fingerprint density at radius 3 is 2.48 bits per heavy atom. The van der Waals surface area contributed by atoms with Gasteiger partial charge in [-0.15, -0.1) is 0 Å². The number of nitrogens with zero attached hydrogens (tertiary/aromatic N) is 1. The fourth-order valence-corrected chi connectivity index (χ4v) is 2.28. The van der Waals surface area contributed by atoms with E-state index in [-0.39, 0.29) is 24.5 Å². The second kappa shape index (κ2) is 8.73. The van der Waals surface area contributed by atoms with Crippen LogP contribution in [0.3, 0.4) is 0 Å². The van der Waals surface area contributed by atoms with Crippen molar-refractivity contribution >= 4 is 12.0 Å². The highest BCUT2D eigenvalue weighted by atomic mass is 19.4. The van der Waals surface area contributed by atoms with Gasteiger partial charge in [-0.1, -0.05) is 13.8 Å². The lowest BCUT2D eigenvalue weighted by Crippen LogP contribution is -2.31. The van der Waals surface area contributed by atoms with Crippen LogP contribution in [0.2, 0.25) is 0 Å². The first-order chi connectivity index (χ1) is 11.6. The number of carboxylic acids is 1. The lowest BCUT2D eigenvalue weighted by molar-refractivity contribution is -0.141. The van der Waals surface area contributed by atoms with Crippen LogP contribution in [0, 0.1) is 5.92 Å². The summed E-state index contributed by atoms with van der Waals surface area (Å²) in [4.78, 5) is 23.6. The van der Waals surface area contributed by atoms with E-state index < -0.39 is 29.3 Å². The molecule has 0 amide bonds. The average molecular weight is 361 g/mol. The first-order valence-corrected chi connectivity index (χ1v) is 7.92. The number of aromatic nitrogens is 1. The van der Waals surface area contributed by atoms with Gasteiger partial charge in [-0.2, -0.15) is 13.2 Å². The SMILES string of the molecule is CCOC=Cc1cn(C(CCC(C)C)C(=O)O)c(=O)cc1C(F)(F)F. The van der Waals surface area contributed by atoms with Gasteiger partial charge in [-0.25, -0.2) is 4.79 Å². The maximum absolute atomic E-state index is 13.1. The molecule has 0 aromatic carbocycles. The molecular weight excluding hydrogens is 339 g/mol. The van der Waals surface area contributed by atoms with Gasteiger partial charge in [0, 0.05) is 17.8 Å². The third-order valence-corrected chi connectivity index (χ3v) is 3.57. The van der Waals surface area contributed by atoms with Crippen molar-refractivity contribution in [2.24, 2.45) is 5.92 Å². The third kappa shape index (κ3) is 5.95. The molecule has 0 fully saturated rings. The molecule has 0 bridgehead atoms. The summed E-state index contributed by atoms with van der Waals surface area (Å²) in [7, 11) is 0. The normalized spacial score (nSPS) is 13.4. The molecule has 0 saturated carbocycles. The molecule has 0 spiro atoms. The van der Waals surface area contributed by atoms with Crippen molar-refractivity contribution < 1.29 is 27.8 Å². The third-order valence-electron chi connectivity index (χ3n) is 3.57. The Morgan fingerprint density at radius 2 is 2.00 bits per heavy atom. The van der Waals surface area contributed by atoms with Crippen LogP contribution in [0.25, 0.3) is 6.08 Å². The first-order valence-electron chi connectivity index (χ1n) is 7.92. The largest absolute Gasteiger partial charge is 0.501 e. The van der Waals surface area contributed by atoms with Gasteiger partial charge < -0.3 is 14.4 Å². The highest BCUT2D eigenvalue weighted by Gasteiger charge is 2.34. The molecule has 1 unspecified atom stereocenters. The van der Waals surface area contributed by atoms with Crippen molar-refractivity contribution in [2.75, 3.05) is 6.61 Å². The molecule has 1 aromatic rings. The molecule has 1 atom stereocenters. The minimum Gasteiger partial charge on any atom is -0.501 e. The van der Waals surface area contributed by atoms with Crippen molar-refractivity contribution in [1.82, 2.24) is 4.57 Å². The van der Waals surface area contributed by atoms with E-state index in [1.165, 1.54) is 0 Å². The van der Waals surface area contributed by atoms with E-state index in [1.807, 2.05) is 13.8 Å². The van der Waals surface area contributed by atoms with Crippen LogP contribution in [0.5, 0.6) is 0 Å². The molecule has 8 heteroatoms. The summed E-state index contributed by atoms with van der Waals surface area (Å²) in [5.74, 6) is -1.06. The van der Waals surface area contributed by atoms with E-state index in [9.17, 15) is 27.9 Å². The minimum absolute atomic E-state index is 0.146. The molecule has 1 heterocycles. The Hall–Kier alpha value is -2.25. The van der Waals surface area contributed by atoms with Crippen LogP contribution in [0.4, 0.5) is 13.2 Å². The van der Waals surface area contributed by atoms with Crippen LogP contribution in [0.15, 0.2) is 23.3 Å². The van der Waals surface area contributed by atoms with E-state index in [2.05, 4.69) is 0 Å². The Morgan fingerprint density at radius 1 is 1.36 bits per heavy atom. The highest BCUT2D eigenvalue weighted by molar-refractivity contribution is 5.72. The van der Waals surface area contributed by atoms with Gasteiger partial charge >= 0.3 is 12.1 Å². The molecule has 0 aliphatic carbocycles. The predicted octanol–water partition coefficient (Wildman–Crippen LogP) is 3.94. The molecule has 25 heavy (non-hydrogen) atoms. The lowest BCUT2D eigenvalue weighted by atomic mass is 10.0. The molecule has 5 nitrogen and oxygen atoms in total. The quantitative estimate of drug-likeness (QED) is 0.712. The van der Waals surface area contributed by atoms with Crippen molar-refractivity contribution in [3.8, 4) is 0 Å². The maximum atomic E-state index is 13.1. The number of pyridine rings is 1. The molecule has 0 aliphatic heterocycles. The zero-order valence-electron chi connectivity index (χ0n) is 14.3. The fraction of sp³-hybridized carbons (Fsp3) is 0.529. The molecule has 0 aliphatic rings. The van der Waals surface area contributed by atoms with E-state index in [4.69, 9.17) is 4.74 Å². The van der Waals surface area contributed by atoms with E-state index in [0.29, 0.717) is 12.5 Å². The molecule has 1 N–H and O–H groups in total. The van der Waals surface area contributed by atoms with Crippen LogP contribution < -0.4 is 5.56 Å². The van der Waals surface area contributed by atoms with Gasteiger partial charge in [0.1, 0.15) is 6.04 Å². The Balaban J connectivity index is 3.42. The van der Waals surface area contributed by atoms with Crippen molar-refractivity contribution in [2.45, 2.75) is 45.8 Å².